The Labute approximate surface area is 163 Å². The van der Waals surface area contributed by atoms with Crippen LogP contribution >= 0.6 is 0 Å². The SMILES string of the molecule is O=C(NCc1nnc2n1CCN(Cc1ccccc1O)CC2)c1ccccc1. The summed E-state index contributed by atoms with van der Waals surface area (Å²) in [5.41, 5.74) is 1.56. The van der Waals surface area contributed by atoms with E-state index in [0.29, 0.717) is 24.4 Å². The number of rotatable bonds is 5. The molecule has 2 heterocycles. The molecule has 0 radical (unpaired) electrons. The second kappa shape index (κ2) is 8.22. The van der Waals surface area contributed by atoms with Gasteiger partial charge in [0, 0.05) is 43.7 Å². The first-order valence-corrected chi connectivity index (χ1v) is 9.44. The van der Waals surface area contributed by atoms with Gasteiger partial charge in [0.25, 0.3) is 5.91 Å². The predicted octanol–water partition coefficient (Wildman–Crippen LogP) is 1.97. The zero-order valence-corrected chi connectivity index (χ0v) is 15.6. The smallest absolute Gasteiger partial charge is 0.251 e. The zero-order chi connectivity index (χ0) is 19.3. The first-order chi connectivity index (χ1) is 13.7. The Bertz CT molecular complexity index is 954. The third-order valence-electron chi connectivity index (χ3n) is 5.02. The minimum atomic E-state index is -0.118. The van der Waals surface area contributed by atoms with Gasteiger partial charge in [0.1, 0.15) is 11.6 Å². The van der Waals surface area contributed by atoms with Crippen molar-refractivity contribution in [2.75, 3.05) is 13.1 Å². The number of phenolic OH excluding ortho intramolecular Hbond substituents is 1. The Morgan fingerprint density at radius 1 is 1.00 bits per heavy atom. The monoisotopic (exact) mass is 377 g/mol. The van der Waals surface area contributed by atoms with Crippen LogP contribution in [0.4, 0.5) is 0 Å². The molecule has 1 amide bonds. The van der Waals surface area contributed by atoms with Gasteiger partial charge >= 0.3 is 0 Å². The van der Waals surface area contributed by atoms with Gasteiger partial charge < -0.3 is 15.0 Å². The fraction of sp³-hybridized carbons (Fsp3) is 0.286. The Morgan fingerprint density at radius 3 is 2.61 bits per heavy atom. The number of hydrogen-bond donors (Lipinski definition) is 2. The molecule has 0 fully saturated rings. The van der Waals surface area contributed by atoms with E-state index >= 15 is 0 Å². The average molecular weight is 377 g/mol. The van der Waals surface area contributed by atoms with E-state index in [9.17, 15) is 9.90 Å². The fourth-order valence-electron chi connectivity index (χ4n) is 3.45. The lowest BCUT2D eigenvalue weighted by molar-refractivity contribution is 0.0949. The van der Waals surface area contributed by atoms with Crippen molar-refractivity contribution in [3.05, 3.63) is 77.4 Å². The highest BCUT2D eigenvalue weighted by molar-refractivity contribution is 5.93. The highest BCUT2D eigenvalue weighted by Crippen LogP contribution is 2.19. The number of nitrogens with one attached hydrogen (secondary N) is 1. The van der Waals surface area contributed by atoms with Crippen molar-refractivity contribution in [2.45, 2.75) is 26.1 Å². The number of amides is 1. The molecule has 7 nitrogen and oxygen atoms in total. The molecule has 28 heavy (non-hydrogen) atoms. The fourth-order valence-corrected chi connectivity index (χ4v) is 3.45. The van der Waals surface area contributed by atoms with Crippen molar-refractivity contribution in [2.24, 2.45) is 0 Å². The van der Waals surface area contributed by atoms with Crippen molar-refractivity contribution in [1.29, 1.82) is 0 Å². The van der Waals surface area contributed by atoms with Crippen LogP contribution in [-0.4, -0.2) is 43.8 Å². The van der Waals surface area contributed by atoms with Gasteiger partial charge in [-0.3, -0.25) is 9.69 Å². The molecule has 0 bridgehead atoms. The van der Waals surface area contributed by atoms with Crippen LogP contribution < -0.4 is 5.32 Å². The Hall–Kier alpha value is -3.19. The van der Waals surface area contributed by atoms with Crippen LogP contribution in [0.1, 0.15) is 27.6 Å². The Morgan fingerprint density at radius 2 is 1.79 bits per heavy atom. The maximum absolute atomic E-state index is 12.3. The van der Waals surface area contributed by atoms with Gasteiger partial charge in [0.2, 0.25) is 0 Å². The van der Waals surface area contributed by atoms with E-state index in [1.807, 2.05) is 36.4 Å². The van der Waals surface area contributed by atoms with Gasteiger partial charge in [-0.15, -0.1) is 10.2 Å². The minimum absolute atomic E-state index is 0.118. The molecule has 144 valence electrons. The number of fused-ring (bicyclic) bond motifs is 1. The predicted molar refractivity (Wildman–Crippen MR) is 105 cm³/mol. The van der Waals surface area contributed by atoms with Crippen LogP contribution in [0.2, 0.25) is 0 Å². The number of aromatic hydroxyl groups is 1. The Balaban J connectivity index is 1.38. The lowest BCUT2D eigenvalue weighted by Gasteiger charge is -2.20. The van der Waals surface area contributed by atoms with E-state index in [0.717, 1.165) is 43.3 Å². The highest BCUT2D eigenvalue weighted by atomic mass is 16.3. The molecule has 0 unspecified atom stereocenters. The Kier molecular flexibility index (Phi) is 5.34. The van der Waals surface area contributed by atoms with Crippen molar-refractivity contribution < 1.29 is 9.90 Å². The first kappa shape index (κ1) is 18.2. The summed E-state index contributed by atoms with van der Waals surface area (Å²) in [7, 11) is 0. The van der Waals surface area contributed by atoms with Crippen LogP contribution in [-0.2, 0) is 26.1 Å². The molecule has 2 aromatic carbocycles. The average Bonchev–Trinajstić information content (AvgIpc) is 3.01. The van der Waals surface area contributed by atoms with E-state index in [-0.39, 0.29) is 5.91 Å². The van der Waals surface area contributed by atoms with E-state index in [1.165, 1.54) is 0 Å². The van der Waals surface area contributed by atoms with Crippen LogP contribution in [0.5, 0.6) is 5.75 Å². The van der Waals surface area contributed by atoms with Crippen LogP contribution in [0.15, 0.2) is 54.6 Å². The van der Waals surface area contributed by atoms with E-state index in [4.69, 9.17) is 0 Å². The summed E-state index contributed by atoms with van der Waals surface area (Å²) in [4.78, 5) is 14.6. The number of para-hydroxylation sites is 1. The third kappa shape index (κ3) is 4.04. The van der Waals surface area contributed by atoms with E-state index < -0.39 is 0 Å². The van der Waals surface area contributed by atoms with E-state index in [1.54, 1.807) is 18.2 Å². The summed E-state index contributed by atoms with van der Waals surface area (Å²) in [6, 6.07) is 16.6. The van der Waals surface area contributed by atoms with Crippen LogP contribution in [0.3, 0.4) is 0 Å². The van der Waals surface area contributed by atoms with Gasteiger partial charge in [-0.2, -0.15) is 0 Å². The van der Waals surface area contributed by atoms with Gasteiger partial charge in [0.15, 0.2) is 5.82 Å². The van der Waals surface area contributed by atoms with Crippen molar-refractivity contribution in [3.63, 3.8) is 0 Å². The second-order valence-electron chi connectivity index (χ2n) is 6.89. The topological polar surface area (TPSA) is 83.3 Å². The number of carbonyl (C=O) groups excluding carboxylic acids is 1. The highest BCUT2D eigenvalue weighted by Gasteiger charge is 2.19. The lowest BCUT2D eigenvalue weighted by Crippen LogP contribution is -2.28. The largest absolute Gasteiger partial charge is 0.508 e. The number of hydrogen-bond acceptors (Lipinski definition) is 5. The maximum Gasteiger partial charge on any atom is 0.251 e. The normalized spacial score (nSPS) is 14.3. The summed E-state index contributed by atoms with van der Waals surface area (Å²) >= 11 is 0. The van der Waals surface area contributed by atoms with Gasteiger partial charge in [-0.25, -0.2) is 0 Å². The number of nitrogens with zero attached hydrogens (tertiary/aromatic N) is 4. The molecular weight excluding hydrogens is 354 g/mol. The lowest BCUT2D eigenvalue weighted by atomic mass is 10.2. The maximum atomic E-state index is 12.3. The molecular formula is C21H23N5O2. The van der Waals surface area contributed by atoms with Crippen molar-refractivity contribution >= 4 is 5.91 Å². The standard InChI is InChI=1S/C21H23N5O2/c27-18-9-5-4-8-17(18)15-25-11-10-19-23-24-20(26(19)13-12-25)14-22-21(28)16-6-2-1-3-7-16/h1-9,27H,10-15H2,(H,22,28). The number of carbonyl (C=O) groups is 1. The third-order valence-corrected chi connectivity index (χ3v) is 5.02. The molecule has 1 aliphatic heterocycles. The summed E-state index contributed by atoms with van der Waals surface area (Å²) in [5, 5.41) is 21.5. The van der Waals surface area contributed by atoms with E-state index in [2.05, 4.69) is 25.0 Å². The quantitative estimate of drug-likeness (QED) is 0.710. The summed E-state index contributed by atoms with van der Waals surface area (Å²) in [5.74, 6) is 1.91. The summed E-state index contributed by atoms with van der Waals surface area (Å²) in [6.45, 7) is 3.49. The summed E-state index contributed by atoms with van der Waals surface area (Å²) in [6.07, 6.45) is 0.785. The molecule has 0 saturated heterocycles. The van der Waals surface area contributed by atoms with Gasteiger partial charge in [-0.05, 0) is 18.2 Å². The molecule has 0 saturated carbocycles. The van der Waals surface area contributed by atoms with Crippen molar-refractivity contribution in [1.82, 2.24) is 25.0 Å². The van der Waals surface area contributed by atoms with Crippen molar-refractivity contribution in [3.8, 4) is 5.75 Å². The molecule has 7 heteroatoms. The molecule has 0 atom stereocenters. The zero-order valence-electron chi connectivity index (χ0n) is 15.6. The summed E-state index contributed by atoms with van der Waals surface area (Å²) < 4.78 is 2.09. The number of aromatic nitrogens is 3. The first-order valence-electron chi connectivity index (χ1n) is 9.44. The van der Waals surface area contributed by atoms with Gasteiger partial charge in [0.05, 0.1) is 6.54 Å². The number of benzene rings is 2. The van der Waals surface area contributed by atoms with Crippen LogP contribution in [0, 0.1) is 0 Å². The molecule has 4 rings (SSSR count). The second-order valence-corrected chi connectivity index (χ2v) is 6.89. The van der Waals surface area contributed by atoms with Crippen LogP contribution in [0.25, 0.3) is 0 Å². The molecule has 1 aromatic heterocycles. The molecule has 0 aliphatic carbocycles. The number of phenols is 1. The molecule has 0 spiro atoms. The minimum Gasteiger partial charge on any atom is -0.508 e. The molecule has 1 aliphatic rings. The molecule has 3 aromatic rings. The molecule has 2 N–H and O–H groups in total. The van der Waals surface area contributed by atoms with Gasteiger partial charge in [-0.1, -0.05) is 36.4 Å².